The van der Waals surface area contributed by atoms with Crippen molar-refractivity contribution in [1.29, 1.82) is 0 Å². The van der Waals surface area contributed by atoms with Crippen LogP contribution in [0.1, 0.15) is 25.0 Å². The number of nitrogens with two attached hydrogens (primary N) is 1. The Kier molecular flexibility index (Phi) is 6.15. The van der Waals surface area contributed by atoms with Gasteiger partial charge in [0.1, 0.15) is 16.2 Å². The Morgan fingerprint density at radius 3 is 2.45 bits per heavy atom. The first-order chi connectivity index (χ1) is 15.0. The minimum absolute atomic E-state index is 0.512. The normalized spacial score (nSPS) is 11.4. The maximum atomic E-state index is 6.05. The molecular formula is C24H28N6S. The van der Waals surface area contributed by atoms with Crippen molar-refractivity contribution in [3.8, 4) is 11.3 Å². The van der Waals surface area contributed by atoms with E-state index in [9.17, 15) is 0 Å². The zero-order valence-electron chi connectivity index (χ0n) is 18.5. The van der Waals surface area contributed by atoms with Gasteiger partial charge in [0.2, 0.25) is 0 Å². The zero-order valence-corrected chi connectivity index (χ0v) is 19.3. The number of thiazole rings is 1. The first kappa shape index (κ1) is 21.2. The van der Waals surface area contributed by atoms with Crippen molar-refractivity contribution in [2.75, 3.05) is 30.8 Å². The van der Waals surface area contributed by atoms with E-state index in [1.807, 2.05) is 13.2 Å². The lowest BCUT2D eigenvalue weighted by molar-refractivity contribution is 0.296. The Balaban J connectivity index is 1.79. The molecule has 31 heavy (non-hydrogen) atoms. The predicted molar refractivity (Wildman–Crippen MR) is 131 cm³/mol. The second-order valence-electron chi connectivity index (χ2n) is 7.64. The van der Waals surface area contributed by atoms with E-state index in [0.717, 1.165) is 52.7 Å². The van der Waals surface area contributed by atoms with Crippen LogP contribution in [0.2, 0.25) is 0 Å². The standard InChI is InChI=1S/C24H28N6S/c1-5-30(6-2)15-17-11-12-26-20(13-17)19-14-21(27-23-22(19)28-24(25)31-23)29(4)18-9-7-16(3)8-10-18/h7-14H,5-6,15H2,1-4H3,(H2,25,28). The quantitative estimate of drug-likeness (QED) is 0.430. The maximum Gasteiger partial charge on any atom is 0.182 e. The molecule has 3 heterocycles. The summed E-state index contributed by atoms with van der Waals surface area (Å²) in [6.45, 7) is 9.38. The maximum absolute atomic E-state index is 6.05. The fourth-order valence-corrected chi connectivity index (χ4v) is 4.33. The molecule has 1 aromatic carbocycles. The van der Waals surface area contributed by atoms with Gasteiger partial charge >= 0.3 is 0 Å². The van der Waals surface area contributed by atoms with Crippen LogP contribution in [0, 0.1) is 6.92 Å². The SMILES string of the molecule is CCN(CC)Cc1ccnc(-c2cc(N(C)c3ccc(C)cc3)nc3sc(N)nc23)c1. The molecule has 0 aliphatic heterocycles. The van der Waals surface area contributed by atoms with Crippen LogP contribution in [0.5, 0.6) is 0 Å². The number of nitrogen functional groups attached to an aromatic ring is 1. The van der Waals surface area contributed by atoms with Gasteiger partial charge in [0.15, 0.2) is 5.13 Å². The first-order valence-electron chi connectivity index (χ1n) is 10.5. The second-order valence-corrected chi connectivity index (χ2v) is 8.65. The fourth-order valence-electron chi connectivity index (χ4n) is 3.61. The van der Waals surface area contributed by atoms with Crippen LogP contribution in [-0.4, -0.2) is 40.0 Å². The lowest BCUT2D eigenvalue weighted by atomic mass is 10.1. The van der Waals surface area contributed by atoms with Crippen molar-refractivity contribution in [2.45, 2.75) is 27.3 Å². The number of anilines is 3. The van der Waals surface area contributed by atoms with Crippen molar-refractivity contribution < 1.29 is 0 Å². The van der Waals surface area contributed by atoms with Gasteiger partial charge in [0.05, 0.1) is 5.69 Å². The smallest absolute Gasteiger partial charge is 0.182 e. The lowest BCUT2D eigenvalue weighted by Crippen LogP contribution is -2.22. The molecule has 0 aliphatic carbocycles. The summed E-state index contributed by atoms with van der Waals surface area (Å²) in [6.07, 6.45) is 1.87. The molecule has 2 N–H and O–H groups in total. The van der Waals surface area contributed by atoms with E-state index in [1.165, 1.54) is 22.5 Å². The average molecular weight is 433 g/mol. The van der Waals surface area contributed by atoms with Crippen LogP contribution in [0.4, 0.5) is 16.6 Å². The summed E-state index contributed by atoms with van der Waals surface area (Å²) in [5.41, 5.74) is 12.2. The highest BCUT2D eigenvalue weighted by molar-refractivity contribution is 7.21. The summed E-state index contributed by atoms with van der Waals surface area (Å²) in [4.78, 5) is 19.4. The highest BCUT2D eigenvalue weighted by Gasteiger charge is 2.17. The molecule has 6 nitrogen and oxygen atoms in total. The van der Waals surface area contributed by atoms with E-state index in [1.54, 1.807) is 0 Å². The number of benzene rings is 1. The largest absolute Gasteiger partial charge is 0.375 e. The number of aryl methyl sites for hydroxylation is 1. The number of rotatable bonds is 7. The van der Waals surface area contributed by atoms with Crippen LogP contribution >= 0.6 is 11.3 Å². The van der Waals surface area contributed by atoms with Crippen LogP contribution < -0.4 is 10.6 Å². The van der Waals surface area contributed by atoms with Crippen LogP contribution in [0.15, 0.2) is 48.7 Å². The summed E-state index contributed by atoms with van der Waals surface area (Å²) in [6, 6.07) is 14.7. The van der Waals surface area contributed by atoms with Crippen molar-refractivity contribution in [2.24, 2.45) is 0 Å². The van der Waals surface area contributed by atoms with E-state index in [4.69, 9.17) is 10.7 Å². The molecule has 0 fully saturated rings. The third-order valence-corrected chi connectivity index (χ3v) is 6.31. The lowest BCUT2D eigenvalue weighted by Gasteiger charge is -2.20. The Morgan fingerprint density at radius 1 is 1.00 bits per heavy atom. The molecule has 0 spiro atoms. The Hall–Kier alpha value is -3.03. The molecular weight excluding hydrogens is 404 g/mol. The first-order valence-corrected chi connectivity index (χ1v) is 11.3. The molecule has 7 heteroatoms. The minimum Gasteiger partial charge on any atom is -0.375 e. The number of hydrogen-bond acceptors (Lipinski definition) is 7. The minimum atomic E-state index is 0.512. The number of aromatic nitrogens is 3. The van der Waals surface area contributed by atoms with Crippen LogP contribution in [0.3, 0.4) is 0 Å². The average Bonchev–Trinajstić information content (AvgIpc) is 3.17. The molecule has 0 unspecified atom stereocenters. The zero-order chi connectivity index (χ0) is 22.0. The Morgan fingerprint density at radius 2 is 1.74 bits per heavy atom. The van der Waals surface area contributed by atoms with E-state index >= 15 is 0 Å². The van der Waals surface area contributed by atoms with Crippen LogP contribution in [0.25, 0.3) is 21.6 Å². The van der Waals surface area contributed by atoms with Gasteiger partial charge < -0.3 is 10.6 Å². The van der Waals surface area contributed by atoms with Crippen molar-refractivity contribution >= 4 is 38.3 Å². The summed E-state index contributed by atoms with van der Waals surface area (Å²) >= 11 is 1.41. The van der Waals surface area contributed by atoms with Crippen molar-refractivity contribution in [1.82, 2.24) is 19.9 Å². The van der Waals surface area contributed by atoms with Gasteiger partial charge in [-0.2, -0.15) is 0 Å². The summed E-state index contributed by atoms with van der Waals surface area (Å²) in [5.74, 6) is 0.839. The molecule has 0 radical (unpaired) electrons. The molecule has 3 aromatic heterocycles. The summed E-state index contributed by atoms with van der Waals surface area (Å²) in [5, 5.41) is 0.512. The predicted octanol–water partition coefficient (Wildman–Crippen LogP) is 5.25. The molecule has 160 valence electrons. The van der Waals surface area contributed by atoms with Gasteiger partial charge in [-0.15, -0.1) is 0 Å². The van der Waals surface area contributed by atoms with Gasteiger partial charge in [-0.25, -0.2) is 9.97 Å². The van der Waals surface area contributed by atoms with Gasteiger partial charge in [0, 0.05) is 31.0 Å². The van der Waals surface area contributed by atoms with Gasteiger partial charge in [0.25, 0.3) is 0 Å². The highest BCUT2D eigenvalue weighted by Crippen LogP contribution is 2.35. The molecule has 4 rings (SSSR count). The number of pyridine rings is 2. The second kappa shape index (κ2) is 8.99. The van der Waals surface area contributed by atoms with E-state index in [-0.39, 0.29) is 0 Å². The third-order valence-electron chi connectivity index (χ3n) is 5.54. The molecule has 0 saturated carbocycles. The third kappa shape index (κ3) is 4.52. The van der Waals surface area contributed by atoms with Crippen molar-refractivity contribution in [3.05, 3.63) is 59.8 Å². The number of hydrogen-bond donors (Lipinski definition) is 1. The van der Waals surface area contributed by atoms with Gasteiger partial charge in [-0.1, -0.05) is 42.9 Å². The Labute approximate surface area is 187 Å². The van der Waals surface area contributed by atoms with E-state index in [2.05, 4.69) is 83.0 Å². The van der Waals surface area contributed by atoms with Crippen LogP contribution in [-0.2, 0) is 6.54 Å². The fraction of sp³-hybridized carbons (Fsp3) is 0.292. The number of nitrogens with zero attached hydrogens (tertiary/aromatic N) is 5. The molecule has 0 atom stereocenters. The molecule has 4 aromatic rings. The van der Waals surface area contributed by atoms with E-state index in [0.29, 0.717) is 5.13 Å². The molecule has 0 aliphatic rings. The van der Waals surface area contributed by atoms with Gasteiger partial charge in [-0.05, 0) is 55.9 Å². The van der Waals surface area contributed by atoms with Gasteiger partial charge in [-0.3, -0.25) is 9.88 Å². The highest BCUT2D eigenvalue weighted by atomic mass is 32.1. The summed E-state index contributed by atoms with van der Waals surface area (Å²) in [7, 11) is 2.03. The molecule has 0 amide bonds. The molecule has 0 saturated heterocycles. The Bertz CT molecular complexity index is 1180. The molecule has 0 bridgehead atoms. The van der Waals surface area contributed by atoms with E-state index < -0.39 is 0 Å². The monoisotopic (exact) mass is 432 g/mol. The summed E-state index contributed by atoms with van der Waals surface area (Å²) < 4.78 is 0. The number of fused-ring (bicyclic) bond motifs is 1. The topological polar surface area (TPSA) is 71.2 Å². The van der Waals surface area contributed by atoms with Crippen molar-refractivity contribution in [3.63, 3.8) is 0 Å².